The van der Waals surface area contributed by atoms with Crippen molar-refractivity contribution in [2.75, 3.05) is 19.6 Å². The Hall–Kier alpha value is -2.53. The van der Waals surface area contributed by atoms with E-state index in [2.05, 4.69) is 0 Å². The van der Waals surface area contributed by atoms with E-state index in [4.69, 9.17) is 15.2 Å². The molecule has 0 aromatic heterocycles. The number of nitrogens with zero attached hydrogens (tertiary/aromatic N) is 1. The van der Waals surface area contributed by atoms with Gasteiger partial charge in [0, 0.05) is 13.1 Å². The van der Waals surface area contributed by atoms with E-state index in [-0.39, 0.29) is 6.09 Å². The number of para-hydroxylation sites is 1. The molecule has 0 radical (unpaired) electrons. The quantitative estimate of drug-likeness (QED) is 0.737. The molecule has 0 bridgehead atoms. The normalized spacial score (nSPS) is 11.1. The van der Waals surface area contributed by atoms with Crippen molar-refractivity contribution in [1.29, 1.82) is 0 Å². The van der Waals surface area contributed by atoms with Crippen molar-refractivity contribution in [1.82, 2.24) is 4.90 Å². The number of ether oxygens (including phenoxy) is 2. The number of carbonyl (C=O) groups excluding carboxylic acids is 1. The lowest BCUT2D eigenvalue weighted by molar-refractivity contribution is 0.0251. The van der Waals surface area contributed by atoms with Crippen LogP contribution in [-0.4, -0.2) is 36.2 Å². The summed E-state index contributed by atoms with van der Waals surface area (Å²) in [6, 6.07) is 17.6. The van der Waals surface area contributed by atoms with E-state index < -0.39 is 5.60 Å². The van der Waals surface area contributed by atoms with Gasteiger partial charge in [0.15, 0.2) is 0 Å². The van der Waals surface area contributed by atoms with Crippen LogP contribution in [0.1, 0.15) is 32.8 Å². The first kappa shape index (κ1) is 20.8. The summed E-state index contributed by atoms with van der Waals surface area (Å²) in [6.07, 6.45) is 1.17. The third-order valence-corrected chi connectivity index (χ3v) is 3.83. The van der Waals surface area contributed by atoms with Crippen LogP contribution in [0.3, 0.4) is 0 Å². The second-order valence-electron chi connectivity index (χ2n) is 7.42. The Morgan fingerprint density at radius 2 is 1.70 bits per heavy atom. The van der Waals surface area contributed by atoms with Crippen LogP contribution < -0.4 is 10.5 Å². The van der Waals surface area contributed by atoms with E-state index in [1.807, 2.05) is 75.4 Å². The van der Waals surface area contributed by atoms with Crippen LogP contribution in [0.4, 0.5) is 4.79 Å². The number of carbonyl (C=O) groups is 1. The van der Waals surface area contributed by atoms with Gasteiger partial charge >= 0.3 is 6.09 Å². The van der Waals surface area contributed by atoms with E-state index in [0.717, 1.165) is 29.9 Å². The number of amides is 1. The van der Waals surface area contributed by atoms with Crippen molar-refractivity contribution < 1.29 is 14.3 Å². The summed E-state index contributed by atoms with van der Waals surface area (Å²) < 4.78 is 11.4. The summed E-state index contributed by atoms with van der Waals surface area (Å²) in [5.41, 5.74) is 6.20. The maximum Gasteiger partial charge on any atom is 0.410 e. The molecule has 2 rings (SSSR count). The zero-order valence-electron chi connectivity index (χ0n) is 16.5. The van der Waals surface area contributed by atoms with E-state index in [0.29, 0.717) is 19.6 Å². The zero-order valence-corrected chi connectivity index (χ0v) is 16.5. The zero-order chi connectivity index (χ0) is 19.7. The monoisotopic (exact) mass is 370 g/mol. The molecular formula is C22H30N2O3. The van der Waals surface area contributed by atoms with Gasteiger partial charge in [0.05, 0.1) is 0 Å². The van der Waals surface area contributed by atoms with Crippen LogP contribution in [0.25, 0.3) is 0 Å². The van der Waals surface area contributed by atoms with Gasteiger partial charge < -0.3 is 20.1 Å². The molecule has 0 atom stereocenters. The summed E-state index contributed by atoms with van der Waals surface area (Å²) in [5.74, 6) is 1.58. The summed E-state index contributed by atoms with van der Waals surface area (Å²) in [4.78, 5) is 14.2. The second kappa shape index (κ2) is 9.97. The lowest BCUT2D eigenvalue weighted by Crippen LogP contribution is -2.39. The van der Waals surface area contributed by atoms with E-state index in [1.165, 1.54) is 0 Å². The van der Waals surface area contributed by atoms with Crippen LogP contribution in [0.15, 0.2) is 54.6 Å². The maximum absolute atomic E-state index is 12.4. The highest BCUT2D eigenvalue weighted by Gasteiger charge is 2.21. The van der Waals surface area contributed by atoms with Gasteiger partial charge in [-0.3, -0.25) is 0 Å². The van der Waals surface area contributed by atoms with Gasteiger partial charge in [0.2, 0.25) is 0 Å². The maximum atomic E-state index is 12.4. The Balaban J connectivity index is 1.99. The van der Waals surface area contributed by atoms with Gasteiger partial charge in [0.25, 0.3) is 0 Å². The van der Waals surface area contributed by atoms with Crippen molar-refractivity contribution in [3.8, 4) is 11.5 Å². The minimum atomic E-state index is -0.512. The molecule has 2 N–H and O–H groups in total. The van der Waals surface area contributed by atoms with Crippen molar-refractivity contribution in [2.24, 2.45) is 5.73 Å². The Labute approximate surface area is 162 Å². The van der Waals surface area contributed by atoms with Gasteiger partial charge in [-0.05, 0) is 70.0 Å². The molecule has 0 fully saturated rings. The minimum absolute atomic E-state index is 0.298. The van der Waals surface area contributed by atoms with Gasteiger partial charge in [0.1, 0.15) is 17.1 Å². The smallest absolute Gasteiger partial charge is 0.410 e. The van der Waals surface area contributed by atoms with Crippen LogP contribution in [0.5, 0.6) is 11.5 Å². The van der Waals surface area contributed by atoms with E-state index in [9.17, 15) is 4.79 Å². The SMILES string of the molecule is CC(C)(C)OC(=O)N(CCCN)CCc1cccc(Oc2ccccc2)c1. The summed E-state index contributed by atoms with van der Waals surface area (Å²) in [7, 11) is 0. The van der Waals surface area contributed by atoms with Crippen molar-refractivity contribution in [3.05, 3.63) is 60.2 Å². The van der Waals surface area contributed by atoms with Gasteiger partial charge in [-0.25, -0.2) is 4.79 Å². The molecule has 1 amide bonds. The van der Waals surface area contributed by atoms with Crippen molar-refractivity contribution in [3.63, 3.8) is 0 Å². The minimum Gasteiger partial charge on any atom is -0.457 e. The predicted molar refractivity (Wildman–Crippen MR) is 108 cm³/mol. The van der Waals surface area contributed by atoms with Crippen molar-refractivity contribution >= 4 is 6.09 Å². The Morgan fingerprint density at radius 1 is 1.00 bits per heavy atom. The molecule has 2 aromatic carbocycles. The lowest BCUT2D eigenvalue weighted by Gasteiger charge is -2.27. The number of nitrogens with two attached hydrogens (primary N) is 1. The van der Waals surface area contributed by atoms with E-state index >= 15 is 0 Å². The molecule has 5 nitrogen and oxygen atoms in total. The molecule has 0 spiro atoms. The predicted octanol–water partition coefficient (Wildman–Crippen LogP) is 4.61. The molecule has 0 saturated carbocycles. The largest absolute Gasteiger partial charge is 0.457 e. The summed E-state index contributed by atoms with van der Waals surface area (Å²) in [6.45, 7) is 7.32. The molecule has 146 valence electrons. The van der Waals surface area contributed by atoms with Gasteiger partial charge in [-0.15, -0.1) is 0 Å². The number of hydrogen-bond acceptors (Lipinski definition) is 4. The Morgan fingerprint density at radius 3 is 2.37 bits per heavy atom. The fourth-order valence-corrected chi connectivity index (χ4v) is 2.56. The highest BCUT2D eigenvalue weighted by Crippen LogP contribution is 2.22. The number of benzene rings is 2. The molecule has 0 heterocycles. The molecular weight excluding hydrogens is 340 g/mol. The summed E-state index contributed by atoms with van der Waals surface area (Å²) in [5, 5.41) is 0. The molecule has 0 aliphatic heterocycles. The fourth-order valence-electron chi connectivity index (χ4n) is 2.56. The van der Waals surface area contributed by atoms with Crippen LogP contribution in [-0.2, 0) is 11.2 Å². The third kappa shape index (κ3) is 7.71. The standard InChI is InChI=1S/C22H30N2O3/c1-22(2,3)27-21(25)24(15-8-14-23)16-13-18-9-7-12-20(17-18)26-19-10-5-4-6-11-19/h4-7,9-12,17H,8,13-16,23H2,1-3H3. The van der Waals surface area contributed by atoms with Crippen molar-refractivity contribution in [2.45, 2.75) is 39.2 Å². The number of rotatable bonds is 8. The van der Waals surface area contributed by atoms with Gasteiger partial charge in [-0.2, -0.15) is 0 Å². The first-order chi connectivity index (χ1) is 12.9. The number of hydrogen-bond donors (Lipinski definition) is 1. The second-order valence-corrected chi connectivity index (χ2v) is 7.42. The molecule has 2 aromatic rings. The lowest BCUT2D eigenvalue weighted by atomic mass is 10.1. The van der Waals surface area contributed by atoms with Crippen LogP contribution in [0.2, 0.25) is 0 Å². The Kier molecular flexibility index (Phi) is 7.67. The van der Waals surface area contributed by atoms with E-state index in [1.54, 1.807) is 4.90 Å². The average molecular weight is 370 g/mol. The van der Waals surface area contributed by atoms with Gasteiger partial charge in [-0.1, -0.05) is 30.3 Å². The topological polar surface area (TPSA) is 64.8 Å². The molecule has 0 saturated heterocycles. The highest BCUT2D eigenvalue weighted by molar-refractivity contribution is 5.68. The molecule has 5 heteroatoms. The van der Waals surface area contributed by atoms with Crippen LogP contribution >= 0.6 is 0 Å². The highest BCUT2D eigenvalue weighted by atomic mass is 16.6. The van der Waals surface area contributed by atoms with Crippen LogP contribution in [0, 0.1) is 0 Å². The molecule has 0 aliphatic rings. The Bertz CT molecular complexity index is 711. The first-order valence-corrected chi connectivity index (χ1v) is 9.37. The molecule has 27 heavy (non-hydrogen) atoms. The first-order valence-electron chi connectivity index (χ1n) is 9.37. The summed E-state index contributed by atoms with van der Waals surface area (Å²) >= 11 is 0. The molecule has 0 unspecified atom stereocenters. The average Bonchev–Trinajstić information content (AvgIpc) is 2.61. The molecule has 0 aliphatic carbocycles. The fraction of sp³-hybridized carbons (Fsp3) is 0.409. The third-order valence-electron chi connectivity index (χ3n) is 3.83.